The van der Waals surface area contributed by atoms with Crippen molar-refractivity contribution < 1.29 is 9.59 Å². The first-order chi connectivity index (χ1) is 18.2. The molecule has 0 saturated heterocycles. The SMILES string of the molecule is O=C(NCc1ccc(-c2ccccc2)cc1)c1cccc(NC(=O)c2ccccc2-c2ccccc2)c1. The summed E-state index contributed by atoms with van der Waals surface area (Å²) in [6.45, 7) is 0.412. The lowest BCUT2D eigenvalue weighted by Crippen LogP contribution is -2.23. The molecule has 0 atom stereocenters. The molecular weight excluding hydrogens is 456 g/mol. The first-order valence-corrected chi connectivity index (χ1v) is 12.2. The predicted molar refractivity (Wildman–Crippen MR) is 149 cm³/mol. The van der Waals surface area contributed by atoms with Crippen LogP contribution in [0.2, 0.25) is 0 Å². The summed E-state index contributed by atoms with van der Waals surface area (Å²) in [5, 5.41) is 5.91. The van der Waals surface area contributed by atoms with Crippen molar-refractivity contribution in [3.05, 3.63) is 150 Å². The number of carbonyl (C=O) groups is 2. The minimum Gasteiger partial charge on any atom is -0.348 e. The van der Waals surface area contributed by atoms with Crippen molar-refractivity contribution in [1.29, 1.82) is 0 Å². The van der Waals surface area contributed by atoms with Gasteiger partial charge in [-0.2, -0.15) is 0 Å². The molecule has 4 heteroatoms. The van der Waals surface area contributed by atoms with E-state index in [1.807, 2.05) is 78.9 Å². The maximum atomic E-state index is 13.1. The molecule has 0 fully saturated rings. The van der Waals surface area contributed by atoms with E-state index in [0.29, 0.717) is 23.4 Å². The van der Waals surface area contributed by atoms with Crippen LogP contribution in [0.25, 0.3) is 22.3 Å². The van der Waals surface area contributed by atoms with Gasteiger partial charge in [-0.25, -0.2) is 0 Å². The Balaban J connectivity index is 1.24. The van der Waals surface area contributed by atoms with Gasteiger partial charge in [-0.1, -0.05) is 109 Å². The summed E-state index contributed by atoms with van der Waals surface area (Å²) in [5.41, 5.74) is 6.74. The summed E-state index contributed by atoms with van der Waals surface area (Å²) >= 11 is 0. The van der Waals surface area contributed by atoms with Gasteiger partial charge in [0, 0.05) is 23.4 Å². The van der Waals surface area contributed by atoms with Gasteiger partial charge in [-0.15, -0.1) is 0 Å². The normalized spacial score (nSPS) is 10.5. The average molecular weight is 483 g/mol. The number of hydrogen-bond acceptors (Lipinski definition) is 2. The summed E-state index contributed by atoms with van der Waals surface area (Å²) in [7, 11) is 0. The molecular formula is C33H26N2O2. The van der Waals surface area contributed by atoms with Gasteiger partial charge in [0.25, 0.3) is 11.8 Å². The molecule has 5 rings (SSSR count). The topological polar surface area (TPSA) is 58.2 Å². The number of nitrogens with one attached hydrogen (secondary N) is 2. The van der Waals surface area contributed by atoms with E-state index < -0.39 is 0 Å². The first kappa shape index (κ1) is 23.8. The van der Waals surface area contributed by atoms with Gasteiger partial charge in [0.1, 0.15) is 0 Å². The third-order valence-corrected chi connectivity index (χ3v) is 6.15. The van der Waals surface area contributed by atoms with Crippen LogP contribution >= 0.6 is 0 Å². The highest BCUT2D eigenvalue weighted by Gasteiger charge is 2.14. The highest BCUT2D eigenvalue weighted by Crippen LogP contribution is 2.24. The third kappa shape index (κ3) is 5.82. The summed E-state index contributed by atoms with van der Waals surface area (Å²) in [6, 6.07) is 42.6. The van der Waals surface area contributed by atoms with Gasteiger partial charge < -0.3 is 10.6 Å². The van der Waals surface area contributed by atoms with Crippen molar-refractivity contribution in [3.63, 3.8) is 0 Å². The molecule has 0 aliphatic rings. The summed E-state index contributed by atoms with van der Waals surface area (Å²) in [5.74, 6) is -0.427. The fourth-order valence-corrected chi connectivity index (χ4v) is 4.22. The molecule has 0 radical (unpaired) electrons. The van der Waals surface area contributed by atoms with E-state index in [9.17, 15) is 9.59 Å². The van der Waals surface area contributed by atoms with E-state index in [0.717, 1.165) is 27.8 Å². The van der Waals surface area contributed by atoms with Gasteiger partial charge in [0.15, 0.2) is 0 Å². The minimum atomic E-state index is -0.226. The van der Waals surface area contributed by atoms with E-state index in [-0.39, 0.29) is 11.8 Å². The van der Waals surface area contributed by atoms with Crippen LogP contribution in [0.3, 0.4) is 0 Å². The highest BCUT2D eigenvalue weighted by atomic mass is 16.2. The largest absolute Gasteiger partial charge is 0.348 e. The molecule has 0 spiro atoms. The summed E-state index contributed by atoms with van der Waals surface area (Å²) < 4.78 is 0. The number of hydrogen-bond donors (Lipinski definition) is 2. The summed E-state index contributed by atoms with van der Waals surface area (Å²) in [6.07, 6.45) is 0. The summed E-state index contributed by atoms with van der Waals surface area (Å²) in [4.78, 5) is 25.9. The lowest BCUT2D eigenvalue weighted by atomic mass is 9.99. The van der Waals surface area contributed by atoms with Crippen molar-refractivity contribution in [1.82, 2.24) is 5.32 Å². The molecule has 5 aromatic rings. The lowest BCUT2D eigenvalue weighted by molar-refractivity contribution is 0.0949. The monoisotopic (exact) mass is 482 g/mol. The lowest BCUT2D eigenvalue weighted by Gasteiger charge is -2.12. The molecule has 2 N–H and O–H groups in total. The Morgan fingerprint density at radius 1 is 0.541 bits per heavy atom. The Hall–Kier alpha value is -4.96. The Kier molecular flexibility index (Phi) is 7.19. The van der Waals surface area contributed by atoms with Gasteiger partial charge in [0.2, 0.25) is 0 Å². The zero-order valence-electron chi connectivity index (χ0n) is 20.2. The molecule has 5 aromatic carbocycles. The van der Waals surface area contributed by atoms with Crippen molar-refractivity contribution in [2.24, 2.45) is 0 Å². The maximum Gasteiger partial charge on any atom is 0.256 e. The van der Waals surface area contributed by atoms with Crippen LogP contribution in [0.4, 0.5) is 5.69 Å². The molecule has 0 bridgehead atoms. The number of amides is 2. The number of carbonyl (C=O) groups excluding carboxylic acids is 2. The van der Waals surface area contributed by atoms with Crippen LogP contribution in [0.5, 0.6) is 0 Å². The Morgan fingerprint density at radius 3 is 1.89 bits per heavy atom. The van der Waals surface area contributed by atoms with Crippen LogP contribution in [0, 0.1) is 0 Å². The molecule has 0 heterocycles. The number of benzene rings is 5. The second kappa shape index (κ2) is 11.2. The van der Waals surface area contributed by atoms with Gasteiger partial charge in [-0.3, -0.25) is 9.59 Å². The number of anilines is 1. The molecule has 0 unspecified atom stereocenters. The van der Waals surface area contributed by atoms with Crippen LogP contribution < -0.4 is 10.6 Å². The molecule has 2 amide bonds. The molecule has 0 aliphatic heterocycles. The Morgan fingerprint density at radius 2 is 1.16 bits per heavy atom. The van der Waals surface area contributed by atoms with Gasteiger partial charge >= 0.3 is 0 Å². The zero-order valence-corrected chi connectivity index (χ0v) is 20.2. The van der Waals surface area contributed by atoms with Crippen molar-refractivity contribution >= 4 is 17.5 Å². The standard InChI is InChI=1S/C33H26N2O2/c36-32(34-23-24-18-20-26(21-19-24)25-10-3-1-4-11-25)28-14-9-15-29(22-28)35-33(37)31-17-8-7-16-30(31)27-12-5-2-6-13-27/h1-22H,23H2,(H,34,36)(H,35,37). The van der Waals surface area contributed by atoms with Gasteiger partial charge in [-0.05, 0) is 52.1 Å². The predicted octanol–water partition coefficient (Wildman–Crippen LogP) is 7.20. The Labute approximate surface area is 216 Å². The van der Waals surface area contributed by atoms with E-state index in [2.05, 4.69) is 34.9 Å². The average Bonchev–Trinajstić information content (AvgIpc) is 2.97. The molecule has 0 aliphatic carbocycles. The van der Waals surface area contributed by atoms with Crippen molar-refractivity contribution in [2.75, 3.05) is 5.32 Å². The maximum absolute atomic E-state index is 13.1. The first-order valence-electron chi connectivity index (χ1n) is 12.2. The van der Waals surface area contributed by atoms with E-state index in [4.69, 9.17) is 0 Å². The molecule has 4 nitrogen and oxygen atoms in total. The van der Waals surface area contributed by atoms with Crippen molar-refractivity contribution in [3.8, 4) is 22.3 Å². The second-order valence-electron chi connectivity index (χ2n) is 8.69. The smallest absolute Gasteiger partial charge is 0.256 e. The van der Waals surface area contributed by atoms with Gasteiger partial charge in [0.05, 0.1) is 0 Å². The molecule has 0 saturated carbocycles. The van der Waals surface area contributed by atoms with Crippen LogP contribution in [0.1, 0.15) is 26.3 Å². The Bertz CT molecular complexity index is 1510. The quantitative estimate of drug-likeness (QED) is 0.258. The third-order valence-electron chi connectivity index (χ3n) is 6.15. The van der Waals surface area contributed by atoms with Crippen LogP contribution in [-0.4, -0.2) is 11.8 Å². The number of rotatable bonds is 7. The van der Waals surface area contributed by atoms with Crippen molar-refractivity contribution in [2.45, 2.75) is 6.54 Å². The van der Waals surface area contributed by atoms with E-state index in [1.165, 1.54) is 0 Å². The fourth-order valence-electron chi connectivity index (χ4n) is 4.22. The highest BCUT2D eigenvalue weighted by molar-refractivity contribution is 6.09. The molecule has 0 aromatic heterocycles. The molecule has 37 heavy (non-hydrogen) atoms. The zero-order chi connectivity index (χ0) is 25.5. The molecule has 180 valence electrons. The minimum absolute atomic E-state index is 0.201. The fraction of sp³-hybridized carbons (Fsp3) is 0.0303. The van der Waals surface area contributed by atoms with E-state index >= 15 is 0 Å². The van der Waals surface area contributed by atoms with Crippen LogP contribution in [0.15, 0.2) is 133 Å². The van der Waals surface area contributed by atoms with Crippen LogP contribution in [-0.2, 0) is 6.54 Å². The van der Waals surface area contributed by atoms with E-state index in [1.54, 1.807) is 30.3 Å². The second-order valence-corrected chi connectivity index (χ2v) is 8.69.